The molecule has 2 aromatic carbocycles. The lowest BCUT2D eigenvalue weighted by atomic mass is 10.2. The van der Waals surface area contributed by atoms with Crippen molar-refractivity contribution in [3.05, 3.63) is 52.8 Å². The number of amides is 1. The number of halogens is 2. The lowest BCUT2D eigenvalue weighted by Crippen LogP contribution is -2.32. The van der Waals surface area contributed by atoms with Crippen LogP contribution in [0.1, 0.15) is 6.92 Å². The van der Waals surface area contributed by atoms with Crippen LogP contribution < -0.4 is 15.4 Å². The molecule has 0 aromatic heterocycles. The Morgan fingerprint density at radius 1 is 1.23 bits per heavy atom. The number of benzene rings is 2. The summed E-state index contributed by atoms with van der Waals surface area (Å²) in [5.41, 5.74) is 0.839. The van der Waals surface area contributed by atoms with Gasteiger partial charge in [0.05, 0.1) is 18.5 Å². The van der Waals surface area contributed by atoms with E-state index in [1.807, 2.05) is 18.2 Å². The number of para-hydroxylation sites is 2. The van der Waals surface area contributed by atoms with Gasteiger partial charge in [-0.05, 0) is 37.3 Å². The van der Waals surface area contributed by atoms with E-state index in [0.717, 1.165) is 0 Å². The first-order chi connectivity index (χ1) is 10.5. The van der Waals surface area contributed by atoms with Crippen LogP contribution in [0.2, 0.25) is 0 Å². The molecule has 0 fully saturated rings. The zero-order valence-electron chi connectivity index (χ0n) is 12.2. The Labute approximate surface area is 136 Å². The van der Waals surface area contributed by atoms with Crippen LogP contribution >= 0.6 is 15.9 Å². The highest BCUT2D eigenvalue weighted by Gasteiger charge is 2.16. The maximum absolute atomic E-state index is 13.7. The first-order valence-electron chi connectivity index (χ1n) is 6.66. The van der Waals surface area contributed by atoms with Crippen molar-refractivity contribution in [1.82, 2.24) is 0 Å². The third kappa shape index (κ3) is 3.98. The molecular formula is C16H16BrFN2O2. The molecule has 0 saturated heterocycles. The smallest absolute Gasteiger partial charge is 0.246 e. The van der Waals surface area contributed by atoms with Crippen molar-refractivity contribution in [2.75, 3.05) is 17.7 Å². The average Bonchev–Trinajstić information content (AvgIpc) is 2.50. The molecular weight excluding hydrogens is 351 g/mol. The van der Waals surface area contributed by atoms with E-state index in [1.54, 1.807) is 26.2 Å². The Balaban J connectivity index is 2.06. The third-order valence-corrected chi connectivity index (χ3v) is 3.55. The summed E-state index contributed by atoms with van der Waals surface area (Å²) < 4.78 is 19.6. The number of anilines is 2. The first kappa shape index (κ1) is 16.3. The second-order valence-electron chi connectivity index (χ2n) is 4.68. The molecule has 2 N–H and O–H groups in total. The Kier molecular flexibility index (Phi) is 5.38. The monoisotopic (exact) mass is 366 g/mol. The fourth-order valence-corrected chi connectivity index (χ4v) is 2.23. The number of carbonyl (C=O) groups excluding carboxylic acids is 1. The Morgan fingerprint density at radius 3 is 2.64 bits per heavy atom. The number of ether oxygens (including phenoxy) is 1. The summed E-state index contributed by atoms with van der Waals surface area (Å²) in [4.78, 5) is 12.2. The van der Waals surface area contributed by atoms with Crippen LogP contribution in [0.5, 0.6) is 5.75 Å². The summed E-state index contributed by atoms with van der Waals surface area (Å²) in [5, 5.41) is 5.60. The van der Waals surface area contributed by atoms with E-state index in [0.29, 0.717) is 15.9 Å². The van der Waals surface area contributed by atoms with E-state index in [-0.39, 0.29) is 11.6 Å². The molecule has 1 atom stereocenters. The molecule has 0 radical (unpaired) electrons. The van der Waals surface area contributed by atoms with Gasteiger partial charge in [0, 0.05) is 4.47 Å². The van der Waals surface area contributed by atoms with Crippen molar-refractivity contribution >= 4 is 33.2 Å². The molecule has 0 aliphatic rings. The van der Waals surface area contributed by atoms with Crippen LogP contribution in [0.3, 0.4) is 0 Å². The molecule has 0 heterocycles. The van der Waals surface area contributed by atoms with Crippen LogP contribution in [0.4, 0.5) is 15.8 Å². The standard InChI is InChI=1S/C16H16BrFN2O2/c1-10(19-14-5-3-4-6-15(14)22-2)16(21)20-13-8-7-11(17)9-12(13)18/h3-10,19H,1-2H3,(H,20,21)/t10-/m0/s1. The summed E-state index contributed by atoms with van der Waals surface area (Å²) in [6, 6.07) is 11.2. The molecule has 2 rings (SSSR count). The van der Waals surface area contributed by atoms with Gasteiger partial charge in [-0.15, -0.1) is 0 Å². The molecule has 2 aromatic rings. The quantitative estimate of drug-likeness (QED) is 0.839. The van der Waals surface area contributed by atoms with Gasteiger partial charge in [-0.1, -0.05) is 28.1 Å². The zero-order valence-corrected chi connectivity index (χ0v) is 13.8. The number of rotatable bonds is 5. The van der Waals surface area contributed by atoms with E-state index < -0.39 is 11.9 Å². The van der Waals surface area contributed by atoms with Crippen LogP contribution in [-0.4, -0.2) is 19.1 Å². The minimum atomic E-state index is -0.556. The Morgan fingerprint density at radius 2 is 1.95 bits per heavy atom. The highest BCUT2D eigenvalue weighted by molar-refractivity contribution is 9.10. The van der Waals surface area contributed by atoms with Crippen molar-refractivity contribution in [1.29, 1.82) is 0 Å². The highest BCUT2D eigenvalue weighted by Crippen LogP contribution is 2.24. The van der Waals surface area contributed by atoms with Gasteiger partial charge in [0.2, 0.25) is 5.91 Å². The van der Waals surface area contributed by atoms with Crippen LogP contribution in [0.15, 0.2) is 46.9 Å². The summed E-state index contributed by atoms with van der Waals surface area (Å²) in [6.45, 7) is 1.69. The van der Waals surface area contributed by atoms with E-state index >= 15 is 0 Å². The summed E-state index contributed by atoms with van der Waals surface area (Å²) >= 11 is 3.17. The van der Waals surface area contributed by atoms with E-state index in [2.05, 4.69) is 26.6 Å². The molecule has 6 heteroatoms. The van der Waals surface area contributed by atoms with Crippen LogP contribution in [0.25, 0.3) is 0 Å². The second-order valence-corrected chi connectivity index (χ2v) is 5.60. The van der Waals surface area contributed by atoms with Crippen molar-refractivity contribution in [3.63, 3.8) is 0 Å². The van der Waals surface area contributed by atoms with Gasteiger partial charge in [-0.3, -0.25) is 4.79 Å². The first-order valence-corrected chi connectivity index (χ1v) is 7.46. The number of carbonyl (C=O) groups is 1. The highest BCUT2D eigenvalue weighted by atomic mass is 79.9. The van der Waals surface area contributed by atoms with Gasteiger partial charge >= 0.3 is 0 Å². The van der Waals surface area contributed by atoms with Gasteiger partial charge in [0.15, 0.2) is 0 Å². The largest absolute Gasteiger partial charge is 0.495 e. The second kappa shape index (κ2) is 7.26. The molecule has 1 amide bonds. The Bertz CT molecular complexity index is 679. The van der Waals surface area contributed by atoms with Gasteiger partial charge in [0.25, 0.3) is 0 Å². The van der Waals surface area contributed by atoms with Crippen molar-refractivity contribution in [2.45, 2.75) is 13.0 Å². The fourth-order valence-electron chi connectivity index (χ4n) is 1.89. The minimum Gasteiger partial charge on any atom is -0.495 e. The average molecular weight is 367 g/mol. The topological polar surface area (TPSA) is 50.4 Å². The molecule has 0 aliphatic heterocycles. The maximum atomic E-state index is 13.7. The van der Waals surface area contributed by atoms with Crippen molar-refractivity contribution in [3.8, 4) is 5.75 Å². The van der Waals surface area contributed by atoms with Gasteiger partial charge < -0.3 is 15.4 Å². The third-order valence-electron chi connectivity index (χ3n) is 3.06. The van der Waals surface area contributed by atoms with E-state index in [1.165, 1.54) is 12.1 Å². The van der Waals surface area contributed by atoms with E-state index in [9.17, 15) is 9.18 Å². The van der Waals surface area contributed by atoms with Crippen LogP contribution in [0, 0.1) is 5.82 Å². The zero-order chi connectivity index (χ0) is 16.1. The molecule has 0 aliphatic carbocycles. The van der Waals surface area contributed by atoms with E-state index in [4.69, 9.17) is 4.74 Å². The molecule has 22 heavy (non-hydrogen) atoms. The molecule has 0 bridgehead atoms. The molecule has 0 saturated carbocycles. The number of methoxy groups -OCH3 is 1. The molecule has 0 spiro atoms. The molecule has 0 unspecified atom stereocenters. The predicted octanol–water partition coefficient (Wildman–Crippen LogP) is 4.04. The SMILES string of the molecule is COc1ccccc1N[C@@H](C)C(=O)Nc1ccc(Br)cc1F. The number of nitrogens with one attached hydrogen (secondary N) is 2. The lowest BCUT2D eigenvalue weighted by Gasteiger charge is -2.17. The summed E-state index contributed by atoms with van der Waals surface area (Å²) in [7, 11) is 1.56. The van der Waals surface area contributed by atoms with Crippen LogP contribution in [-0.2, 0) is 4.79 Å². The normalized spacial score (nSPS) is 11.6. The molecule has 4 nitrogen and oxygen atoms in total. The summed E-state index contributed by atoms with van der Waals surface area (Å²) in [6.07, 6.45) is 0. The Hall–Kier alpha value is -2.08. The van der Waals surface area contributed by atoms with Crippen molar-refractivity contribution < 1.29 is 13.9 Å². The predicted molar refractivity (Wildman–Crippen MR) is 88.8 cm³/mol. The molecule has 116 valence electrons. The van der Waals surface area contributed by atoms with Crippen molar-refractivity contribution in [2.24, 2.45) is 0 Å². The summed E-state index contributed by atoms with van der Waals surface area (Å²) in [5.74, 6) is -0.198. The number of hydrogen-bond donors (Lipinski definition) is 2. The minimum absolute atomic E-state index is 0.141. The van der Waals surface area contributed by atoms with Gasteiger partial charge in [-0.2, -0.15) is 0 Å². The maximum Gasteiger partial charge on any atom is 0.246 e. The van der Waals surface area contributed by atoms with Gasteiger partial charge in [0.1, 0.15) is 17.6 Å². The fraction of sp³-hybridized carbons (Fsp3) is 0.188. The van der Waals surface area contributed by atoms with Gasteiger partial charge in [-0.25, -0.2) is 4.39 Å². The lowest BCUT2D eigenvalue weighted by molar-refractivity contribution is -0.116. The number of hydrogen-bond acceptors (Lipinski definition) is 3.